The van der Waals surface area contributed by atoms with Gasteiger partial charge in [0.1, 0.15) is 0 Å². The molecule has 1 aliphatic rings. The molecule has 0 radical (unpaired) electrons. The van der Waals surface area contributed by atoms with Gasteiger partial charge in [-0.1, -0.05) is 36.5 Å². The Morgan fingerprint density at radius 1 is 1.10 bits per heavy atom. The highest BCUT2D eigenvalue weighted by Gasteiger charge is 2.16. The number of carbonyl (C=O) groups is 2. The average molecular weight is 294 g/mol. The molecule has 102 valence electrons. The first-order valence-corrected chi connectivity index (χ1v) is 6.75. The van der Waals surface area contributed by atoms with Crippen molar-refractivity contribution in [2.45, 2.75) is 0 Å². The number of carbonyl (C=O) groups excluding carboxylic acids is 2. The molecule has 2 aromatic carbocycles. The fraction of sp³-hybridized carbons (Fsp3) is 0. The maximum atomic E-state index is 12.1. The molecule has 0 unspecified atom stereocenters. The van der Waals surface area contributed by atoms with Crippen molar-refractivity contribution < 1.29 is 9.59 Å². The minimum atomic E-state index is -0.315. The van der Waals surface area contributed by atoms with Crippen molar-refractivity contribution in [2.24, 2.45) is 4.99 Å². The number of anilines is 2. The highest BCUT2D eigenvalue weighted by Crippen LogP contribution is 2.23. The molecule has 1 aliphatic heterocycles. The number of hydrogen-bond acceptors (Lipinski definition) is 3. The number of thiocarbonyl (C=S) groups is 1. The van der Waals surface area contributed by atoms with Gasteiger partial charge in [0.25, 0.3) is 11.8 Å². The summed E-state index contributed by atoms with van der Waals surface area (Å²) in [7, 11) is 0. The van der Waals surface area contributed by atoms with E-state index in [1.165, 1.54) is 11.0 Å². The molecule has 5 heteroatoms. The molecule has 4 nitrogen and oxygen atoms in total. The number of fused-ring (bicyclic) bond motifs is 1. The molecule has 0 saturated carbocycles. The van der Waals surface area contributed by atoms with Crippen molar-refractivity contribution in [2.75, 3.05) is 4.90 Å². The number of rotatable bonds is 3. The molecular formula is C16H10N2O2S. The van der Waals surface area contributed by atoms with E-state index in [-0.39, 0.29) is 11.8 Å². The molecule has 0 saturated heterocycles. The third-order valence-corrected chi connectivity index (χ3v) is 3.32. The summed E-state index contributed by atoms with van der Waals surface area (Å²) in [5.41, 5.74) is 1.33. The van der Waals surface area contributed by atoms with Crippen LogP contribution in [0.3, 0.4) is 0 Å². The van der Waals surface area contributed by atoms with E-state index in [2.05, 4.69) is 4.99 Å². The molecule has 0 bridgehead atoms. The maximum Gasteiger partial charge on any atom is 0.270 e. The summed E-state index contributed by atoms with van der Waals surface area (Å²) in [6.07, 6.45) is 1.47. The van der Waals surface area contributed by atoms with Crippen molar-refractivity contribution in [3.05, 3.63) is 59.1 Å². The first kappa shape index (κ1) is 13.3. The molecular weight excluding hydrogens is 284 g/mol. The predicted molar refractivity (Wildman–Crippen MR) is 83.9 cm³/mol. The van der Waals surface area contributed by atoms with Gasteiger partial charge < -0.3 is 0 Å². The van der Waals surface area contributed by atoms with E-state index in [1.54, 1.807) is 18.2 Å². The second-order valence-electron chi connectivity index (χ2n) is 4.46. The van der Waals surface area contributed by atoms with E-state index < -0.39 is 0 Å². The molecule has 1 heterocycles. The first-order valence-electron chi connectivity index (χ1n) is 6.28. The number of hydrogen-bond donors (Lipinski definition) is 0. The van der Waals surface area contributed by atoms with Crippen molar-refractivity contribution in [1.82, 2.24) is 0 Å². The average Bonchev–Trinajstić information content (AvgIpc) is 2.88. The van der Waals surface area contributed by atoms with Crippen molar-refractivity contribution in [1.29, 1.82) is 0 Å². The SMILES string of the molecule is O=C1C=c2ccc(N(C(=O)C=S)c3ccccc3)cc2=N1. The summed E-state index contributed by atoms with van der Waals surface area (Å²) in [6, 6.07) is 14.4. The predicted octanol–water partition coefficient (Wildman–Crippen LogP) is 1.29. The van der Waals surface area contributed by atoms with Gasteiger partial charge in [-0.25, -0.2) is 4.99 Å². The van der Waals surface area contributed by atoms with Gasteiger partial charge in [0.2, 0.25) is 0 Å². The maximum absolute atomic E-state index is 12.1. The lowest BCUT2D eigenvalue weighted by Gasteiger charge is -2.20. The van der Waals surface area contributed by atoms with Gasteiger partial charge in [0.05, 0.1) is 16.4 Å². The summed E-state index contributed by atoms with van der Waals surface area (Å²) in [4.78, 5) is 28.9. The summed E-state index contributed by atoms with van der Waals surface area (Å²) >= 11 is 4.77. The third-order valence-electron chi connectivity index (χ3n) is 3.12. The molecule has 3 rings (SSSR count). The Balaban J connectivity index is 2.15. The monoisotopic (exact) mass is 294 g/mol. The van der Waals surface area contributed by atoms with Gasteiger partial charge in [-0.2, -0.15) is 0 Å². The van der Waals surface area contributed by atoms with Gasteiger partial charge in [-0.05, 0) is 24.3 Å². The normalized spacial score (nSPS) is 12.1. The van der Waals surface area contributed by atoms with Crippen LogP contribution in [0.4, 0.5) is 11.4 Å². The molecule has 0 aliphatic carbocycles. The van der Waals surface area contributed by atoms with E-state index in [1.807, 2.05) is 30.3 Å². The second kappa shape index (κ2) is 5.38. The largest absolute Gasteiger partial charge is 0.277 e. The Bertz CT molecular complexity index is 860. The summed E-state index contributed by atoms with van der Waals surface area (Å²) < 4.78 is 0. The minimum absolute atomic E-state index is 0.283. The van der Waals surface area contributed by atoms with Crippen molar-refractivity contribution in [3.63, 3.8) is 0 Å². The van der Waals surface area contributed by atoms with Crippen LogP contribution in [0, 0.1) is 0 Å². The topological polar surface area (TPSA) is 49.7 Å². The smallest absolute Gasteiger partial charge is 0.270 e. The molecule has 2 aromatic rings. The fourth-order valence-corrected chi connectivity index (χ4v) is 2.31. The zero-order valence-corrected chi connectivity index (χ0v) is 11.7. The van der Waals surface area contributed by atoms with Crippen LogP contribution in [0.5, 0.6) is 0 Å². The summed E-state index contributed by atoms with van der Waals surface area (Å²) in [5, 5.41) is 2.41. The van der Waals surface area contributed by atoms with Crippen molar-refractivity contribution >= 4 is 46.9 Å². The number of benzene rings is 2. The van der Waals surface area contributed by atoms with E-state index in [4.69, 9.17) is 12.2 Å². The molecule has 0 spiro atoms. The molecule has 21 heavy (non-hydrogen) atoms. The minimum Gasteiger partial charge on any atom is -0.277 e. The Morgan fingerprint density at radius 2 is 1.86 bits per heavy atom. The van der Waals surface area contributed by atoms with Crippen LogP contribution in [0.15, 0.2) is 53.5 Å². The highest BCUT2D eigenvalue weighted by atomic mass is 32.1. The molecule has 0 fully saturated rings. The lowest BCUT2D eigenvalue weighted by Crippen LogP contribution is -2.29. The summed E-state index contributed by atoms with van der Waals surface area (Å²) in [5.74, 6) is -0.598. The quantitative estimate of drug-likeness (QED) is 0.802. The van der Waals surface area contributed by atoms with Crippen LogP contribution in [-0.4, -0.2) is 17.2 Å². The van der Waals surface area contributed by atoms with E-state index in [0.717, 1.165) is 10.6 Å². The lowest BCUT2D eigenvalue weighted by atomic mass is 10.2. The Labute approximate surface area is 126 Å². The number of para-hydroxylation sites is 1. The van der Waals surface area contributed by atoms with Crippen LogP contribution >= 0.6 is 12.2 Å². The van der Waals surface area contributed by atoms with Crippen LogP contribution in [-0.2, 0) is 9.59 Å². The van der Waals surface area contributed by atoms with Crippen LogP contribution < -0.4 is 15.5 Å². The first-order chi connectivity index (χ1) is 10.2. The Kier molecular flexibility index (Phi) is 3.41. The van der Waals surface area contributed by atoms with Crippen LogP contribution in [0.2, 0.25) is 0 Å². The zero-order valence-electron chi connectivity index (χ0n) is 10.9. The number of amides is 2. The van der Waals surface area contributed by atoms with E-state index in [9.17, 15) is 9.59 Å². The Morgan fingerprint density at radius 3 is 2.57 bits per heavy atom. The van der Waals surface area contributed by atoms with Gasteiger partial charge in [0.15, 0.2) is 0 Å². The van der Waals surface area contributed by atoms with Crippen LogP contribution in [0.25, 0.3) is 6.08 Å². The molecule has 0 atom stereocenters. The number of nitrogens with zero attached hydrogens (tertiary/aromatic N) is 2. The standard InChI is InChI=1S/C16H10N2O2S/c19-15-8-11-6-7-13(9-14(11)17-15)18(16(20)10-21)12-4-2-1-3-5-12/h1-10H. The van der Waals surface area contributed by atoms with Gasteiger partial charge in [-0.3, -0.25) is 14.5 Å². The molecule has 2 amide bonds. The van der Waals surface area contributed by atoms with E-state index in [0.29, 0.717) is 16.7 Å². The second-order valence-corrected chi connectivity index (χ2v) is 4.70. The van der Waals surface area contributed by atoms with Crippen molar-refractivity contribution in [3.8, 4) is 0 Å². The van der Waals surface area contributed by atoms with Gasteiger partial charge in [-0.15, -0.1) is 0 Å². The third kappa shape index (κ3) is 2.51. The Hall–Kier alpha value is -2.66. The van der Waals surface area contributed by atoms with Crippen LogP contribution in [0.1, 0.15) is 0 Å². The molecule has 0 aromatic heterocycles. The highest BCUT2D eigenvalue weighted by molar-refractivity contribution is 7.80. The lowest BCUT2D eigenvalue weighted by molar-refractivity contribution is -0.112. The van der Waals surface area contributed by atoms with Gasteiger partial charge in [0, 0.05) is 17.0 Å². The fourth-order valence-electron chi connectivity index (χ4n) is 2.21. The molecule has 0 N–H and O–H groups in total. The van der Waals surface area contributed by atoms with E-state index >= 15 is 0 Å². The van der Waals surface area contributed by atoms with Gasteiger partial charge >= 0.3 is 0 Å². The summed E-state index contributed by atoms with van der Waals surface area (Å²) in [6.45, 7) is 0. The zero-order chi connectivity index (χ0) is 14.8.